The molecular weight excluding hydrogens is 764 g/mol. The average Bonchev–Trinajstić information content (AvgIpc) is 3.45. The molecule has 15 heteroatoms. The molecule has 0 saturated carbocycles. The number of benzene rings is 1. The number of nitrogens with one attached hydrogen (secondary N) is 1. The highest BCUT2D eigenvalue weighted by molar-refractivity contribution is 6.32. The lowest BCUT2D eigenvalue weighted by Crippen LogP contribution is -2.56. The molecule has 2 fully saturated rings. The zero-order valence-corrected chi connectivity index (χ0v) is 35.6. The van der Waals surface area contributed by atoms with Gasteiger partial charge in [-0.15, -0.1) is 0 Å². The summed E-state index contributed by atoms with van der Waals surface area (Å²) in [7, 11) is 1.50. The van der Waals surface area contributed by atoms with E-state index in [4.69, 9.17) is 33.2 Å². The lowest BCUT2D eigenvalue weighted by Gasteiger charge is -2.50. The van der Waals surface area contributed by atoms with Crippen LogP contribution in [-0.4, -0.2) is 109 Å². The molecule has 9 unspecified atom stereocenters. The van der Waals surface area contributed by atoms with E-state index in [0.717, 1.165) is 0 Å². The third kappa shape index (κ3) is 8.09. The van der Waals surface area contributed by atoms with Gasteiger partial charge < -0.3 is 48.5 Å². The van der Waals surface area contributed by atoms with Crippen LogP contribution in [0, 0.1) is 30.6 Å². The fourth-order valence-electron chi connectivity index (χ4n) is 8.85. The van der Waals surface area contributed by atoms with Crippen molar-refractivity contribution in [3.8, 4) is 11.5 Å². The molecule has 7 rings (SSSR count). The van der Waals surface area contributed by atoms with Gasteiger partial charge in [-0.2, -0.15) is 0 Å². The van der Waals surface area contributed by atoms with Crippen LogP contribution in [0.5, 0.6) is 11.5 Å². The second-order valence-corrected chi connectivity index (χ2v) is 16.7. The van der Waals surface area contributed by atoms with E-state index < -0.39 is 76.3 Å². The normalized spacial score (nSPS) is 34.6. The molecule has 6 aliphatic rings. The first kappa shape index (κ1) is 43.7. The number of phenols is 1. The summed E-state index contributed by atoms with van der Waals surface area (Å²) in [4.78, 5) is 71.8. The monoisotopic (exact) mass is 820 g/mol. The van der Waals surface area contributed by atoms with Gasteiger partial charge in [0.1, 0.15) is 29.0 Å². The molecule has 0 spiro atoms. The number of carbonyl (C=O) groups is 5. The third-order valence-electron chi connectivity index (χ3n) is 12.0. The first-order valence-corrected chi connectivity index (χ1v) is 20.1. The highest BCUT2D eigenvalue weighted by Crippen LogP contribution is 2.49. The van der Waals surface area contributed by atoms with E-state index in [1.54, 1.807) is 30.1 Å². The number of ketones is 3. The number of morpholine rings is 1. The van der Waals surface area contributed by atoms with Gasteiger partial charge in [-0.1, -0.05) is 45.9 Å². The molecule has 15 nitrogen and oxygen atoms in total. The Labute approximate surface area is 344 Å². The number of Topliss-reactive ketones (excluding diaryl/α,β-unsaturated/α-hetero) is 3. The van der Waals surface area contributed by atoms with Crippen LogP contribution in [-0.2, 0) is 38.0 Å². The highest BCUT2D eigenvalue weighted by atomic mass is 16.7. The van der Waals surface area contributed by atoms with Crippen molar-refractivity contribution in [1.29, 1.82) is 0 Å². The van der Waals surface area contributed by atoms with Crippen molar-refractivity contribution in [2.45, 2.75) is 105 Å². The first-order chi connectivity index (χ1) is 27.7. The molecule has 1 aromatic rings. The second-order valence-electron chi connectivity index (χ2n) is 16.7. The van der Waals surface area contributed by atoms with Gasteiger partial charge in [0, 0.05) is 68.9 Å². The Balaban J connectivity index is 1.50. The Morgan fingerprint density at radius 1 is 0.898 bits per heavy atom. The van der Waals surface area contributed by atoms with Crippen molar-refractivity contribution < 1.29 is 62.2 Å². The van der Waals surface area contributed by atoms with Crippen molar-refractivity contribution >= 4 is 29.2 Å². The number of hydrogen-bond donors (Lipinski definition) is 2. The summed E-state index contributed by atoms with van der Waals surface area (Å²) in [6.45, 7) is 18.2. The summed E-state index contributed by atoms with van der Waals surface area (Å²) in [5.74, 6) is -8.45. The molecular formula is C44H56N2O13. The van der Waals surface area contributed by atoms with Crippen molar-refractivity contribution in [3.63, 3.8) is 0 Å². The average molecular weight is 821 g/mol. The van der Waals surface area contributed by atoms with Crippen molar-refractivity contribution in [2.24, 2.45) is 23.7 Å². The summed E-state index contributed by atoms with van der Waals surface area (Å²) in [6, 6.07) is 0. The summed E-state index contributed by atoms with van der Waals surface area (Å²) in [5, 5.41) is 14.2. The van der Waals surface area contributed by atoms with E-state index >= 15 is 0 Å². The number of amides is 1. The quantitative estimate of drug-likeness (QED) is 0.385. The van der Waals surface area contributed by atoms with Crippen LogP contribution in [0.1, 0.15) is 99.0 Å². The van der Waals surface area contributed by atoms with Gasteiger partial charge in [-0.25, -0.2) is 0 Å². The number of nitrogens with zero attached hydrogens (tertiary/aromatic N) is 1. The maximum absolute atomic E-state index is 14.7. The number of phenolic OH excluding ortho intramolecular Hbond substituents is 1. The van der Waals surface area contributed by atoms with Crippen LogP contribution in [0.3, 0.4) is 0 Å². The molecule has 0 aromatic heterocycles. The Morgan fingerprint density at radius 3 is 2.20 bits per heavy atom. The SMILES string of the molecule is COC1/C=C\OC2(C)Oc3c(C)c(O)c4c(c3C2=O)C(=O)C(N2CCOCC2)=C(NC(=O)/C(C)=C\C=C/C(C)C2OC(C)(C)OC(C2C)C(C)C(OC(C)=O)C1C)C4=O. The Hall–Kier alpha value is -4.83. The number of carbonyl (C=O) groups excluding carboxylic acids is 5. The Bertz CT molecular complexity index is 2040. The van der Waals surface area contributed by atoms with Crippen molar-refractivity contribution in [1.82, 2.24) is 10.2 Å². The predicted octanol–water partition coefficient (Wildman–Crippen LogP) is 5.09. The molecule has 2 N–H and O–H groups in total. The molecule has 0 radical (unpaired) electrons. The number of esters is 1. The minimum Gasteiger partial charge on any atom is -0.507 e. The van der Waals surface area contributed by atoms with Crippen LogP contribution in [0.25, 0.3) is 0 Å². The van der Waals surface area contributed by atoms with Crippen molar-refractivity contribution in [3.05, 3.63) is 69.8 Å². The van der Waals surface area contributed by atoms with Crippen LogP contribution < -0.4 is 10.1 Å². The third-order valence-corrected chi connectivity index (χ3v) is 12.0. The van der Waals surface area contributed by atoms with Gasteiger partial charge in [-0.05, 0) is 33.8 Å². The number of aromatic hydroxyl groups is 1. The maximum Gasteiger partial charge on any atom is 0.312 e. The number of ether oxygens (including phenoxy) is 7. The maximum atomic E-state index is 14.7. The number of hydrogen-bond acceptors (Lipinski definition) is 14. The first-order valence-electron chi connectivity index (χ1n) is 20.1. The van der Waals surface area contributed by atoms with Crippen LogP contribution in [0.15, 0.2) is 47.5 Å². The summed E-state index contributed by atoms with van der Waals surface area (Å²) in [6.07, 6.45) is 5.85. The fourth-order valence-corrected chi connectivity index (χ4v) is 8.85. The smallest absolute Gasteiger partial charge is 0.312 e. The number of allylic oxidation sites excluding steroid dienone is 4. The van der Waals surface area contributed by atoms with E-state index in [2.05, 4.69) is 5.32 Å². The topological polar surface area (TPSA) is 185 Å². The lowest BCUT2D eigenvalue weighted by molar-refractivity contribution is -0.336. The minimum atomic E-state index is -2.04. The lowest BCUT2D eigenvalue weighted by atomic mass is 9.77. The zero-order chi connectivity index (χ0) is 43.3. The predicted molar refractivity (Wildman–Crippen MR) is 212 cm³/mol. The van der Waals surface area contributed by atoms with E-state index in [1.807, 2.05) is 47.6 Å². The van der Waals surface area contributed by atoms with E-state index in [0.29, 0.717) is 0 Å². The van der Waals surface area contributed by atoms with Crippen LogP contribution >= 0.6 is 0 Å². The molecule has 1 aromatic carbocycles. The molecule has 9 atom stereocenters. The van der Waals surface area contributed by atoms with Gasteiger partial charge in [0.15, 0.2) is 5.79 Å². The number of methoxy groups -OCH3 is 1. The molecule has 5 heterocycles. The largest absolute Gasteiger partial charge is 0.507 e. The molecule has 1 aliphatic carbocycles. The van der Waals surface area contributed by atoms with E-state index in [9.17, 15) is 29.1 Å². The van der Waals surface area contributed by atoms with Gasteiger partial charge >= 0.3 is 11.8 Å². The molecule has 2 saturated heterocycles. The van der Waals surface area contributed by atoms with E-state index in [-0.39, 0.29) is 89.6 Å². The van der Waals surface area contributed by atoms with Gasteiger partial charge in [0.2, 0.25) is 11.6 Å². The summed E-state index contributed by atoms with van der Waals surface area (Å²) in [5.41, 5.74) is -1.20. The van der Waals surface area contributed by atoms with Crippen LogP contribution in [0.2, 0.25) is 0 Å². The van der Waals surface area contributed by atoms with Gasteiger partial charge in [0.05, 0.1) is 54.5 Å². The van der Waals surface area contributed by atoms with E-state index in [1.165, 1.54) is 34.1 Å². The number of rotatable bonds is 3. The highest BCUT2D eigenvalue weighted by Gasteiger charge is 2.53. The summed E-state index contributed by atoms with van der Waals surface area (Å²) >= 11 is 0. The number of fused-ring (bicyclic) bond motifs is 10. The Morgan fingerprint density at radius 2 is 1.56 bits per heavy atom. The van der Waals surface area contributed by atoms with Crippen LogP contribution in [0.4, 0.5) is 0 Å². The molecule has 5 aliphatic heterocycles. The molecule has 320 valence electrons. The minimum absolute atomic E-state index is 0.0290. The van der Waals surface area contributed by atoms with Gasteiger partial charge in [-0.3, -0.25) is 24.0 Å². The molecule has 59 heavy (non-hydrogen) atoms. The zero-order valence-electron chi connectivity index (χ0n) is 35.6. The van der Waals surface area contributed by atoms with Gasteiger partial charge in [0.25, 0.3) is 11.7 Å². The molecule has 1 amide bonds. The fraction of sp³-hybridized carbons (Fsp3) is 0.568. The second kappa shape index (κ2) is 16.7. The standard InChI is InChI=1S/C44H56N2O13/c1-21-13-12-14-22(2)42(52)45-32-33(46-16-19-54-20-17-46)36(50)29-30(35(32)49)34(48)24(4)40-31(29)41(51)44(10,59-40)55-18-15-28(53-11)23(3)38(56-27(7)47)26(6)39-25(5)37(21)57-43(8,9)58-39/h12-15,18,21,23,25-26,28,37-39,48H,16-17,19-20H2,1-11H3,(H,45,52)/b13-12-,18-15-,22-14-. The van der Waals surface area contributed by atoms with Crippen molar-refractivity contribution in [2.75, 3.05) is 33.4 Å². The summed E-state index contributed by atoms with van der Waals surface area (Å²) < 4.78 is 42.6. The molecule has 7 bridgehead atoms. The Kier molecular flexibility index (Phi) is 12.4.